The first-order chi connectivity index (χ1) is 11.2. The second-order valence-corrected chi connectivity index (χ2v) is 7.01. The number of aliphatic imine (C=N–C) groups is 1. The van der Waals surface area contributed by atoms with Gasteiger partial charge in [-0.25, -0.2) is 0 Å². The van der Waals surface area contributed by atoms with E-state index in [0.717, 1.165) is 17.0 Å². The number of likely N-dealkylation sites (N-methyl/N-ethyl adjacent to an activating group) is 1. The molecule has 0 saturated heterocycles. The van der Waals surface area contributed by atoms with E-state index in [1.54, 1.807) is 0 Å². The fourth-order valence-electron chi connectivity index (χ4n) is 2.33. The van der Waals surface area contributed by atoms with Crippen LogP contribution in [-0.4, -0.2) is 25.2 Å². The molecule has 0 amide bonds. The molecule has 0 aromatic heterocycles. The Morgan fingerprint density at radius 3 is 2.08 bits per heavy atom. The summed E-state index contributed by atoms with van der Waals surface area (Å²) in [5.74, 6) is 0.923. The van der Waals surface area contributed by atoms with Crippen molar-refractivity contribution < 1.29 is 0 Å². The van der Waals surface area contributed by atoms with Gasteiger partial charge < -0.3 is 4.90 Å². The molecule has 0 heterocycles. The van der Waals surface area contributed by atoms with Gasteiger partial charge in [0.15, 0.2) is 0 Å². The average molecular weight is 325 g/mol. The van der Waals surface area contributed by atoms with Crippen molar-refractivity contribution in [3.63, 3.8) is 0 Å². The van der Waals surface area contributed by atoms with Crippen LogP contribution in [0.3, 0.4) is 0 Å². The van der Waals surface area contributed by atoms with E-state index in [2.05, 4.69) is 65.5 Å². The Labute approximate surface area is 148 Å². The average Bonchev–Trinajstić information content (AvgIpc) is 2.51. The standard InChI is InChI=1S/C22H32N2/c1-16(2)20-13-10-14-21(17(3)4)22(20)23-15-18(5)11-9-12-19(6)24(7)8/h9-17H,6H2,1-5,7-8H3/b12-9-,18-11+,23-15?. The van der Waals surface area contributed by atoms with Gasteiger partial charge in [0.25, 0.3) is 0 Å². The maximum absolute atomic E-state index is 4.82. The van der Waals surface area contributed by atoms with Crippen LogP contribution >= 0.6 is 0 Å². The molecule has 0 aliphatic carbocycles. The van der Waals surface area contributed by atoms with Crippen molar-refractivity contribution in [2.24, 2.45) is 4.99 Å². The molecule has 2 heteroatoms. The third-order valence-corrected chi connectivity index (χ3v) is 3.96. The minimum atomic E-state index is 0.462. The molecule has 2 nitrogen and oxygen atoms in total. The Morgan fingerprint density at radius 1 is 1.08 bits per heavy atom. The molecule has 1 aromatic carbocycles. The highest BCUT2D eigenvalue weighted by atomic mass is 15.1. The number of nitrogens with zero attached hydrogens (tertiary/aromatic N) is 2. The van der Waals surface area contributed by atoms with E-state index in [9.17, 15) is 0 Å². The monoisotopic (exact) mass is 324 g/mol. The highest BCUT2D eigenvalue weighted by molar-refractivity contribution is 5.82. The van der Waals surface area contributed by atoms with Gasteiger partial charge in [-0.2, -0.15) is 0 Å². The molecule has 0 aliphatic heterocycles. The molecular formula is C22H32N2. The van der Waals surface area contributed by atoms with Gasteiger partial charge in [0.05, 0.1) is 5.69 Å². The Balaban J connectivity index is 3.07. The lowest BCUT2D eigenvalue weighted by molar-refractivity contribution is 0.532. The zero-order valence-electron chi connectivity index (χ0n) is 16.3. The number of hydrogen-bond acceptors (Lipinski definition) is 2. The molecule has 0 aliphatic rings. The highest BCUT2D eigenvalue weighted by Crippen LogP contribution is 2.34. The Bertz CT molecular complexity index is 618. The first kappa shape index (κ1) is 20.0. The van der Waals surface area contributed by atoms with Crippen molar-refractivity contribution in [3.8, 4) is 0 Å². The van der Waals surface area contributed by atoms with Gasteiger partial charge in [-0.1, -0.05) is 64.6 Å². The summed E-state index contributed by atoms with van der Waals surface area (Å²) in [6, 6.07) is 6.51. The van der Waals surface area contributed by atoms with Crippen molar-refractivity contribution in [2.75, 3.05) is 14.1 Å². The third-order valence-electron chi connectivity index (χ3n) is 3.96. The summed E-state index contributed by atoms with van der Waals surface area (Å²) in [5.41, 5.74) is 5.83. The second kappa shape index (κ2) is 9.27. The molecular weight excluding hydrogens is 292 g/mol. The number of allylic oxidation sites excluding steroid dienone is 4. The molecule has 24 heavy (non-hydrogen) atoms. The van der Waals surface area contributed by atoms with Crippen LogP contribution < -0.4 is 0 Å². The summed E-state index contributed by atoms with van der Waals surface area (Å²) in [5, 5.41) is 0. The predicted molar refractivity (Wildman–Crippen MR) is 108 cm³/mol. The van der Waals surface area contributed by atoms with Crippen LogP contribution in [-0.2, 0) is 0 Å². The molecule has 0 bridgehead atoms. The predicted octanol–water partition coefficient (Wildman–Crippen LogP) is 6.21. The van der Waals surface area contributed by atoms with Crippen molar-refractivity contribution in [2.45, 2.75) is 46.5 Å². The summed E-state index contributed by atoms with van der Waals surface area (Å²) in [6.45, 7) is 14.9. The minimum absolute atomic E-state index is 0.462. The smallest absolute Gasteiger partial charge is 0.0698 e. The lowest BCUT2D eigenvalue weighted by Crippen LogP contribution is -2.07. The van der Waals surface area contributed by atoms with E-state index in [0.29, 0.717) is 11.8 Å². The first-order valence-corrected chi connectivity index (χ1v) is 8.62. The number of rotatable bonds is 7. The summed E-state index contributed by atoms with van der Waals surface area (Å²) in [4.78, 5) is 6.81. The maximum Gasteiger partial charge on any atom is 0.0698 e. The molecule has 130 valence electrons. The van der Waals surface area contributed by atoms with Crippen LogP contribution in [0.5, 0.6) is 0 Å². The Morgan fingerprint density at radius 2 is 1.62 bits per heavy atom. The minimum Gasteiger partial charge on any atom is -0.378 e. The van der Waals surface area contributed by atoms with Gasteiger partial charge >= 0.3 is 0 Å². The van der Waals surface area contributed by atoms with Gasteiger partial charge in [-0.3, -0.25) is 4.99 Å². The fourth-order valence-corrected chi connectivity index (χ4v) is 2.33. The van der Waals surface area contributed by atoms with Gasteiger partial charge in [0.2, 0.25) is 0 Å². The zero-order chi connectivity index (χ0) is 18.3. The van der Waals surface area contributed by atoms with Crippen LogP contribution in [0.2, 0.25) is 0 Å². The largest absolute Gasteiger partial charge is 0.378 e. The molecule has 0 N–H and O–H groups in total. The van der Waals surface area contributed by atoms with Gasteiger partial charge in [0, 0.05) is 26.0 Å². The van der Waals surface area contributed by atoms with Gasteiger partial charge in [-0.05, 0) is 41.5 Å². The molecule has 0 radical (unpaired) electrons. The summed E-state index contributed by atoms with van der Waals surface area (Å²) >= 11 is 0. The first-order valence-electron chi connectivity index (χ1n) is 8.62. The molecule has 1 aromatic rings. The van der Waals surface area contributed by atoms with Gasteiger partial charge in [-0.15, -0.1) is 0 Å². The molecule has 0 saturated carbocycles. The van der Waals surface area contributed by atoms with Crippen molar-refractivity contribution in [1.29, 1.82) is 0 Å². The van der Waals surface area contributed by atoms with Crippen LogP contribution in [0.1, 0.15) is 57.6 Å². The number of hydrogen-bond donors (Lipinski definition) is 0. The van der Waals surface area contributed by atoms with E-state index in [1.807, 2.05) is 37.4 Å². The van der Waals surface area contributed by atoms with Gasteiger partial charge in [0.1, 0.15) is 0 Å². The summed E-state index contributed by atoms with van der Waals surface area (Å²) in [6.07, 6.45) is 8.03. The second-order valence-electron chi connectivity index (χ2n) is 7.01. The molecule has 0 atom stereocenters. The lowest BCUT2D eigenvalue weighted by Gasteiger charge is -2.16. The maximum atomic E-state index is 4.82. The van der Waals surface area contributed by atoms with E-state index < -0.39 is 0 Å². The summed E-state index contributed by atoms with van der Waals surface area (Å²) < 4.78 is 0. The molecule has 0 unspecified atom stereocenters. The fraction of sp³-hybridized carbons (Fsp3) is 0.409. The van der Waals surface area contributed by atoms with Crippen molar-refractivity contribution >= 4 is 11.9 Å². The molecule has 1 rings (SSSR count). The molecule has 0 fully saturated rings. The Kier molecular flexibility index (Phi) is 7.70. The van der Waals surface area contributed by atoms with Crippen molar-refractivity contribution in [3.05, 3.63) is 65.4 Å². The SMILES string of the molecule is C=C(/C=C\C=C(/C)C=Nc1c(C(C)C)cccc1C(C)C)N(C)C. The van der Waals surface area contributed by atoms with E-state index in [-0.39, 0.29) is 0 Å². The summed E-state index contributed by atoms with van der Waals surface area (Å²) in [7, 11) is 3.97. The lowest BCUT2D eigenvalue weighted by atomic mass is 9.93. The zero-order valence-corrected chi connectivity index (χ0v) is 16.3. The topological polar surface area (TPSA) is 15.6 Å². The van der Waals surface area contributed by atoms with Crippen LogP contribution in [0.4, 0.5) is 5.69 Å². The Hall–Kier alpha value is -2.09. The van der Waals surface area contributed by atoms with E-state index in [4.69, 9.17) is 4.99 Å². The van der Waals surface area contributed by atoms with E-state index >= 15 is 0 Å². The van der Waals surface area contributed by atoms with Crippen LogP contribution in [0, 0.1) is 0 Å². The number of benzene rings is 1. The molecule has 0 spiro atoms. The quantitative estimate of drug-likeness (QED) is 0.430. The van der Waals surface area contributed by atoms with Crippen LogP contribution in [0.15, 0.2) is 59.3 Å². The van der Waals surface area contributed by atoms with E-state index in [1.165, 1.54) is 11.1 Å². The van der Waals surface area contributed by atoms with Crippen LogP contribution in [0.25, 0.3) is 0 Å². The van der Waals surface area contributed by atoms with Crippen molar-refractivity contribution in [1.82, 2.24) is 4.90 Å². The normalized spacial score (nSPS) is 12.8. The number of para-hydroxylation sites is 1. The third kappa shape index (κ3) is 5.84. The highest BCUT2D eigenvalue weighted by Gasteiger charge is 2.12.